The van der Waals surface area contributed by atoms with Crippen LogP contribution in [0.5, 0.6) is 5.75 Å². The molecular weight excluding hydrogens is 763 g/mol. The maximum atomic E-state index is 15.0. The monoisotopic (exact) mass is 786 g/mol. The van der Waals surface area contributed by atoms with Crippen LogP contribution in [0.3, 0.4) is 0 Å². The predicted octanol–water partition coefficient (Wildman–Crippen LogP) is 10.2. The smallest absolute Gasteiger partial charge is 0.460 e. The third kappa shape index (κ3) is 6.05. The minimum Gasteiger partial charge on any atom is -0.488 e. The molecule has 2 aromatic rings. The highest BCUT2D eigenvalue weighted by Crippen LogP contribution is 2.68. The van der Waals surface area contributed by atoms with E-state index in [-0.39, 0.29) is 34.3 Å². The summed E-state index contributed by atoms with van der Waals surface area (Å²) >= 11 is 0. The van der Waals surface area contributed by atoms with Gasteiger partial charge in [-0.3, -0.25) is 0 Å². The van der Waals surface area contributed by atoms with Gasteiger partial charge in [-0.05, 0) is 51.1 Å². The lowest BCUT2D eigenvalue weighted by molar-refractivity contribution is -0.458. The van der Waals surface area contributed by atoms with Crippen LogP contribution in [0.2, 0.25) is 0 Å². The van der Waals surface area contributed by atoms with Crippen molar-refractivity contribution < 1.29 is 91.4 Å². The highest BCUT2D eigenvalue weighted by molar-refractivity contribution is 8.33. The molecule has 0 radical (unpaired) electrons. The number of benzene rings is 2. The van der Waals surface area contributed by atoms with E-state index in [2.05, 4.69) is 3.63 Å². The van der Waals surface area contributed by atoms with E-state index in [1.807, 2.05) is 0 Å². The molecule has 1 aliphatic rings. The van der Waals surface area contributed by atoms with Crippen LogP contribution in [-0.4, -0.2) is 72.5 Å². The van der Waals surface area contributed by atoms with Gasteiger partial charge in [0.05, 0.1) is 0 Å². The fraction of sp³-hybridized carbons (Fsp3) is 0.615. The molecule has 0 N–H and O–H groups in total. The second-order valence-electron chi connectivity index (χ2n) is 11.7. The summed E-state index contributed by atoms with van der Waals surface area (Å²) in [5.41, 5.74) is -0.869. The first-order chi connectivity index (χ1) is 21.6. The van der Waals surface area contributed by atoms with Crippen molar-refractivity contribution in [1.82, 2.24) is 0 Å². The lowest BCUT2D eigenvalue weighted by atomic mass is 9.91. The number of hydrogen-bond donors (Lipinski definition) is 0. The highest BCUT2D eigenvalue weighted by Gasteiger charge is 2.96. The average molecular weight is 787 g/mol. The SMILES string of the molecule is CC(C)(C)Oc1ccc(S2(OS(=O)(=O)C(F)(F)C(F)(F)C(F)(F)C(F)(F)C(F)(F)C(F)(F)C(F)(F)C(F)(F)F)CCCC2)c2ccccc12. The maximum absolute atomic E-state index is 15.0. The Labute approximate surface area is 267 Å². The minimum absolute atomic E-state index is 0.0178. The normalized spacial score (nSPS) is 18.5. The molecule has 0 atom stereocenters. The first-order valence-corrected chi connectivity index (χ1v) is 16.6. The van der Waals surface area contributed by atoms with E-state index in [1.165, 1.54) is 30.3 Å². The Bertz CT molecular complexity index is 1660. The zero-order valence-electron chi connectivity index (χ0n) is 24.7. The summed E-state index contributed by atoms with van der Waals surface area (Å²) in [6.07, 6.45) is -8.09. The third-order valence-corrected chi connectivity index (χ3v) is 12.8. The molecule has 1 heterocycles. The maximum Gasteiger partial charge on any atom is 0.460 e. The molecule has 23 heteroatoms. The summed E-state index contributed by atoms with van der Waals surface area (Å²) in [6.45, 7) is 4.82. The van der Waals surface area contributed by atoms with Gasteiger partial charge in [0.25, 0.3) is 0 Å². The van der Waals surface area contributed by atoms with Crippen LogP contribution in [0.1, 0.15) is 33.6 Å². The molecule has 0 amide bonds. The Kier molecular flexibility index (Phi) is 9.88. The minimum atomic E-state index is -8.92. The van der Waals surface area contributed by atoms with Crippen molar-refractivity contribution in [3.8, 4) is 5.75 Å². The Morgan fingerprint density at radius 1 is 0.571 bits per heavy atom. The second-order valence-corrected chi connectivity index (χ2v) is 16.6. The van der Waals surface area contributed by atoms with E-state index < -0.39 is 84.5 Å². The van der Waals surface area contributed by atoms with Crippen LogP contribution in [0.15, 0.2) is 41.3 Å². The third-order valence-electron chi connectivity index (χ3n) is 7.09. The van der Waals surface area contributed by atoms with Crippen molar-refractivity contribution in [2.75, 3.05) is 11.5 Å². The first kappa shape index (κ1) is 41.0. The molecule has 0 aliphatic carbocycles. The van der Waals surface area contributed by atoms with Crippen molar-refractivity contribution in [3.05, 3.63) is 36.4 Å². The van der Waals surface area contributed by atoms with Gasteiger partial charge in [0, 0.05) is 21.8 Å². The molecule has 1 saturated heterocycles. The van der Waals surface area contributed by atoms with Gasteiger partial charge in [-0.25, -0.2) is 3.63 Å². The summed E-state index contributed by atoms with van der Waals surface area (Å²) in [4.78, 5) is -0.304. The zero-order chi connectivity index (χ0) is 38.3. The zero-order valence-corrected chi connectivity index (χ0v) is 26.3. The van der Waals surface area contributed by atoms with Crippen molar-refractivity contribution in [1.29, 1.82) is 0 Å². The molecule has 0 spiro atoms. The van der Waals surface area contributed by atoms with Crippen molar-refractivity contribution >= 4 is 31.2 Å². The number of halogens is 17. The molecule has 1 aliphatic heterocycles. The summed E-state index contributed by atoms with van der Waals surface area (Å²) < 4.78 is 270. The van der Waals surface area contributed by atoms with Gasteiger partial charge >= 0.3 is 57.1 Å². The van der Waals surface area contributed by atoms with E-state index in [4.69, 9.17) is 4.74 Å². The Balaban J connectivity index is 2.16. The van der Waals surface area contributed by atoms with E-state index in [0.29, 0.717) is 0 Å². The van der Waals surface area contributed by atoms with Crippen molar-refractivity contribution in [3.63, 3.8) is 0 Å². The molecule has 0 aromatic heterocycles. The van der Waals surface area contributed by atoms with Crippen LogP contribution >= 0.6 is 10.3 Å². The standard InChI is InChI=1S/C26H23F17O4S2/c1-18(2,3)46-16-10-11-17(15-9-5-4-8-14(15)16)48(12-6-7-13-48)47-49(44,45)26(42,43)24(37,38)22(33,34)20(29,30)19(27,28)21(31,32)23(35,36)25(39,40)41/h4-5,8-11H,6-7,12-13H2,1-3H3. The molecule has 282 valence electrons. The van der Waals surface area contributed by atoms with E-state index in [9.17, 15) is 83.1 Å². The topological polar surface area (TPSA) is 52.6 Å². The number of rotatable bonds is 11. The summed E-state index contributed by atoms with van der Waals surface area (Å²) in [7, 11) is -11.6. The Hall–Kier alpha value is -2.43. The van der Waals surface area contributed by atoms with Gasteiger partial charge in [-0.15, -0.1) is 0 Å². The predicted molar refractivity (Wildman–Crippen MR) is 140 cm³/mol. The number of hydrogen-bond acceptors (Lipinski definition) is 4. The van der Waals surface area contributed by atoms with Crippen LogP contribution in [0.4, 0.5) is 74.6 Å². The van der Waals surface area contributed by atoms with E-state index >= 15 is 0 Å². The van der Waals surface area contributed by atoms with Gasteiger partial charge in [-0.1, -0.05) is 34.6 Å². The molecule has 0 unspecified atom stereocenters. The highest BCUT2D eigenvalue weighted by atomic mass is 32.3. The number of ether oxygens (including phenoxy) is 1. The molecule has 4 nitrogen and oxygen atoms in total. The lowest BCUT2D eigenvalue weighted by Gasteiger charge is -2.43. The summed E-state index contributed by atoms with van der Waals surface area (Å²) in [6, 6.07) is 7.60. The molecule has 2 aromatic carbocycles. The Morgan fingerprint density at radius 3 is 1.41 bits per heavy atom. The average Bonchev–Trinajstić information content (AvgIpc) is 3.39. The van der Waals surface area contributed by atoms with Crippen LogP contribution < -0.4 is 4.74 Å². The lowest BCUT2D eigenvalue weighted by Crippen LogP contribution is -2.75. The summed E-state index contributed by atoms with van der Waals surface area (Å²) in [5, 5.41) is -7.62. The molecule has 3 rings (SSSR count). The fourth-order valence-corrected chi connectivity index (χ4v) is 10.5. The molecule has 0 saturated carbocycles. The van der Waals surface area contributed by atoms with Gasteiger partial charge in [0.15, 0.2) is 0 Å². The Morgan fingerprint density at radius 2 is 0.980 bits per heavy atom. The van der Waals surface area contributed by atoms with Crippen molar-refractivity contribution in [2.45, 2.75) is 91.1 Å². The van der Waals surface area contributed by atoms with E-state index in [1.54, 1.807) is 20.8 Å². The quantitative estimate of drug-likeness (QED) is 0.213. The molecule has 49 heavy (non-hydrogen) atoms. The number of alkyl halides is 17. The number of fused-ring (bicyclic) bond motifs is 1. The van der Waals surface area contributed by atoms with Gasteiger partial charge in [0.1, 0.15) is 11.4 Å². The molecule has 1 fully saturated rings. The van der Waals surface area contributed by atoms with Crippen LogP contribution in [-0.2, 0) is 13.7 Å². The molecule has 0 bridgehead atoms. The fourth-order valence-electron chi connectivity index (χ4n) is 4.60. The second kappa shape index (κ2) is 11.8. The summed E-state index contributed by atoms with van der Waals surface area (Å²) in [5.74, 6) is -53.1. The van der Waals surface area contributed by atoms with Gasteiger partial charge in [0.2, 0.25) is 0 Å². The van der Waals surface area contributed by atoms with Crippen LogP contribution in [0.25, 0.3) is 10.8 Å². The van der Waals surface area contributed by atoms with Crippen molar-refractivity contribution in [2.24, 2.45) is 0 Å². The van der Waals surface area contributed by atoms with Crippen LogP contribution in [0, 0.1) is 0 Å². The first-order valence-electron chi connectivity index (χ1n) is 13.3. The molecular formula is C26H23F17O4S2. The van der Waals surface area contributed by atoms with Gasteiger partial charge in [-0.2, -0.15) is 83.1 Å². The van der Waals surface area contributed by atoms with Gasteiger partial charge < -0.3 is 4.74 Å². The largest absolute Gasteiger partial charge is 0.488 e. The van der Waals surface area contributed by atoms with E-state index in [0.717, 1.165) is 6.07 Å².